The van der Waals surface area contributed by atoms with Gasteiger partial charge in [-0.15, -0.1) is 0 Å². The van der Waals surface area contributed by atoms with Crippen LogP contribution in [0.15, 0.2) is 73.4 Å². The van der Waals surface area contributed by atoms with Crippen LogP contribution in [0.25, 0.3) is 22.7 Å². The fraction of sp³-hybridized carbons (Fsp3) is 0.0870. The van der Waals surface area contributed by atoms with Gasteiger partial charge in [-0.25, -0.2) is 14.6 Å². The molecule has 4 heterocycles. The molecule has 0 aliphatic rings. The highest BCUT2D eigenvalue weighted by molar-refractivity contribution is 6.08. The highest BCUT2D eigenvalue weighted by Gasteiger charge is 2.22. The summed E-state index contributed by atoms with van der Waals surface area (Å²) in [6, 6.07) is 13.3. The number of carbonyl (C=O) groups excluding carboxylic acids is 1. The SMILES string of the molecule is COc1ncccc1NC(=O)c1nc(-c2ccnn2-c2ccc(C)cc2)n2ccncc12. The summed E-state index contributed by atoms with van der Waals surface area (Å²) in [5.74, 6) is 0.499. The molecule has 1 amide bonds. The first kappa shape index (κ1) is 19.4. The number of benzene rings is 1. The Balaban J connectivity index is 1.60. The summed E-state index contributed by atoms with van der Waals surface area (Å²) in [5, 5.41) is 7.29. The number of amides is 1. The Morgan fingerprint density at radius 2 is 1.91 bits per heavy atom. The molecule has 9 nitrogen and oxygen atoms in total. The van der Waals surface area contributed by atoms with Crippen molar-refractivity contribution in [3.8, 4) is 23.1 Å². The molecule has 0 spiro atoms. The number of imidazole rings is 1. The minimum Gasteiger partial charge on any atom is -0.480 e. The van der Waals surface area contributed by atoms with Gasteiger partial charge in [0.15, 0.2) is 11.5 Å². The van der Waals surface area contributed by atoms with Crippen LogP contribution in [0.2, 0.25) is 0 Å². The first-order chi connectivity index (χ1) is 15.7. The zero-order chi connectivity index (χ0) is 22.1. The smallest absolute Gasteiger partial charge is 0.276 e. The number of ether oxygens (including phenoxy) is 1. The quantitative estimate of drug-likeness (QED) is 0.462. The van der Waals surface area contributed by atoms with Crippen molar-refractivity contribution in [3.05, 3.63) is 84.7 Å². The standard InChI is InChI=1S/C23H19N7O2/c1-15-5-7-16(8-6-15)30-18(9-11-26-30)21-28-20(19-14-24-12-13-29(19)21)22(31)27-17-4-3-10-25-23(17)32-2/h3-14H,1-2H3,(H,27,31). The largest absolute Gasteiger partial charge is 0.480 e. The Morgan fingerprint density at radius 1 is 1.06 bits per heavy atom. The average Bonchev–Trinajstić information content (AvgIpc) is 3.45. The van der Waals surface area contributed by atoms with Gasteiger partial charge in [0.1, 0.15) is 11.4 Å². The summed E-state index contributed by atoms with van der Waals surface area (Å²) >= 11 is 0. The van der Waals surface area contributed by atoms with Gasteiger partial charge in [-0.1, -0.05) is 17.7 Å². The number of pyridine rings is 1. The lowest BCUT2D eigenvalue weighted by Crippen LogP contribution is -2.14. The van der Waals surface area contributed by atoms with Crippen LogP contribution in [0.4, 0.5) is 5.69 Å². The number of fused-ring (bicyclic) bond motifs is 1. The molecule has 4 aromatic heterocycles. The molecule has 5 rings (SSSR count). The van der Waals surface area contributed by atoms with Gasteiger partial charge in [0, 0.05) is 18.6 Å². The number of nitrogens with zero attached hydrogens (tertiary/aromatic N) is 6. The lowest BCUT2D eigenvalue weighted by atomic mass is 10.2. The van der Waals surface area contributed by atoms with E-state index in [9.17, 15) is 4.79 Å². The van der Waals surface area contributed by atoms with Crippen LogP contribution in [0, 0.1) is 6.92 Å². The minimum atomic E-state index is -0.394. The van der Waals surface area contributed by atoms with E-state index in [-0.39, 0.29) is 5.69 Å². The second-order valence-corrected chi connectivity index (χ2v) is 7.09. The van der Waals surface area contributed by atoms with Crippen LogP contribution in [0.1, 0.15) is 16.1 Å². The van der Waals surface area contributed by atoms with Crippen LogP contribution in [-0.2, 0) is 0 Å². The van der Waals surface area contributed by atoms with Gasteiger partial charge in [0.2, 0.25) is 5.88 Å². The monoisotopic (exact) mass is 425 g/mol. The molecular weight excluding hydrogens is 406 g/mol. The zero-order valence-electron chi connectivity index (χ0n) is 17.4. The van der Waals surface area contributed by atoms with E-state index in [1.165, 1.54) is 7.11 Å². The number of carbonyl (C=O) groups is 1. The molecule has 0 radical (unpaired) electrons. The van der Waals surface area contributed by atoms with E-state index in [1.54, 1.807) is 47.8 Å². The van der Waals surface area contributed by atoms with Gasteiger partial charge in [0.05, 0.1) is 30.7 Å². The number of aromatic nitrogens is 6. The predicted octanol–water partition coefficient (Wildman–Crippen LogP) is 3.55. The van der Waals surface area contributed by atoms with Crippen molar-refractivity contribution in [2.75, 3.05) is 12.4 Å². The number of aryl methyl sites for hydroxylation is 1. The van der Waals surface area contributed by atoms with Crippen molar-refractivity contribution in [2.24, 2.45) is 0 Å². The van der Waals surface area contributed by atoms with E-state index in [0.717, 1.165) is 16.9 Å². The molecule has 0 aliphatic carbocycles. The van der Waals surface area contributed by atoms with Gasteiger partial charge < -0.3 is 10.1 Å². The topological polar surface area (TPSA) is 99.2 Å². The predicted molar refractivity (Wildman–Crippen MR) is 119 cm³/mol. The second-order valence-electron chi connectivity index (χ2n) is 7.09. The first-order valence-electron chi connectivity index (χ1n) is 9.89. The van der Waals surface area contributed by atoms with Gasteiger partial charge in [-0.3, -0.25) is 14.2 Å². The molecule has 0 bridgehead atoms. The summed E-state index contributed by atoms with van der Waals surface area (Å²) in [4.78, 5) is 26.1. The molecule has 1 aromatic carbocycles. The summed E-state index contributed by atoms with van der Waals surface area (Å²) in [5.41, 5.74) is 4.05. The number of hydrogen-bond acceptors (Lipinski definition) is 6. The Morgan fingerprint density at radius 3 is 2.72 bits per heavy atom. The van der Waals surface area contributed by atoms with E-state index in [2.05, 4.69) is 25.4 Å². The molecular formula is C23H19N7O2. The highest BCUT2D eigenvalue weighted by atomic mass is 16.5. The molecule has 0 atom stereocenters. The Bertz CT molecular complexity index is 1420. The number of nitrogens with one attached hydrogen (secondary N) is 1. The van der Waals surface area contributed by atoms with E-state index in [1.807, 2.05) is 41.7 Å². The highest BCUT2D eigenvalue weighted by Crippen LogP contribution is 2.26. The molecule has 0 saturated carbocycles. The fourth-order valence-electron chi connectivity index (χ4n) is 3.48. The fourth-order valence-corrected chi connectivity index (χ4v) is 3.48. The van der Waals surface area contributed by atoms with Crippen LogP contribution in [0.3, 0.4) is 0 Å². The van der Waals surface area contributed by atoms with Crippen LogP contribution < -0.4 is 10.1 Å². The molecule has 9 heteroatoms. The number of anilines is 1. The molecule has 1 N–H and O–H groups in total. The van der Waals surface area contributed by atoms with Gasteiger partial charge >= 0.3 is 0 Å². The molecule has 0 saturated heterocycles. The molecule has 158 valence electrons. The second kappa shape index (κ2) is 7.95. The van der Waals surface area contributed by atoms with Crippen molar-refractivity contribution >= 4 is 17.1 Å². The van der Waals surface area contributed by atoms with Crippen molar-refractivity contribution in [1.82, 2.24) is 29.1 Å². The zero-order valence-corrected chi connectivity index (χ0v) is 17.4. The maximum Gasteiger partial charge on any atom is 0.276 e. The normalized spacial score (nSPS) is 10.9. The molecule has 5 aromatic rings. The third kappa shape index (κ3) is 3.35. The average molecular weight is 425 g/mol. The van der Waals surface area contributed by atoms with Gasteiger partial charge in [-0.2, -0.15) is 5.10 Å². The van der Waals surface area contributed by atoms with Crippen LogP contribution in [0.5, 0.6) is 5.88 Å². The van der Waals surface area contributed by atoms with Crippen LogP contribution in [-0.4, -0.2) is 42.2 Å². The van der Waals surface area contributed by atoms with E-state index < -0.39 is 5.91 Å². The summed E-state index contributed by atoms with van der Waals surface area (Å²) in [6.07, 6.45) is 8.33. The lowest BCUT2D eigenvalue weighted by molar-refractivity contribution is 0.102. The van der Waals surface area contributed by atoms with Crippen molar-refractivity contribution in [1.29, 1.82) is 0 Å². The van der Waals surface area contributed by atoms with Crippen molar-refractivity contribution in [3.63, 3.8) is 0 Å². The van der Waals surface area contributed by atoms with E-state index in [0.29, 0.717) is 22.9 Å². The molecule has 0 unspecified atom stereocenters. The third-order valence-corrected chi connectivity index (χ3v) is 5.02. The maximum absolute atomic E-state index is 13.2. The Hall–Kier alpha value is -4.53. The Labute approximate surface area is 183 Å². The van der Waals surface area contributed by atoms with E-state index in [4.69, 9.17) is 4.74 Å². The molecule has 0 aliphatic heterocycles. The Kier molecular flexibility index (Phi) is 4.83. The van der Waals surface area contributed by atoms with Crippen molar-refractivity contribution in [2.45, 2.75) is 6.92 Å². The van der Waals surface area contributed by atoms with Gasteiger partial charge in [-0.05, 0) is 37.3 Å². The minimum absolute atomic E-state index is 0.232. The van der Waals surface area contributed by atoms with E-state index >= 15 is 0 Å². The summed E-state index contributed by atoms with van der Waals surface area (Å²) < 4.78 is 8.85. The lowest BCUT2D eigenvalue weighted by Gasteiger charge is -2.07. The van der Waals surface area contributed by atoms with Crippen LogP contribution >= 0.6 is 0 Å². The number of hydrogen-bond donors (Lipinski definition) is 1. The number of methoxy groups -OCH3 is 1. The van der Waals surface area contributed by atoms with Crippen molar-refractivity contribution < 1.29 is 9.53 Å². The summed E-state index contributed by atoms with van der Waals surface area (Å²) in [7, 11) is 1.50. The maximum atomic E-state index is 13.2. The molecule has 0 fully saturated rings. The first-order valence-corrected chi connectivity index (χ1v) is 9.89. The summed E-state index contributed by atoms with van der Waals surface area (Å²) in [6.45, 7) is 2.03. The molecule has 32 heavy (non-hydrogen) atoms. The number of rotatable bonds is 5. The van der Waals surface area contributed by atoms with Gasteiger partial charge in [0.25, 0.3) is 5.91 Å². The third-order valence-electron chi connectivity index (χ3n) is 5.02.